The third-order valence-electron chi connectivity index (χ3n) is 3.82. The van der Waals surface area contributed by atoms with Gasteiger partial charge in [0.2, 0.25) is 0 Å². The average Bonchev–Trinajstić information content (AvgIpc) is 2.66. The van der Waals surface area contributed by atoms with Crippen LogP contribution in [0.3, 0.4) is 0 Å². The lowest BCUT2D eigenvalue weighted by atomic mass is 10.1. The summed E-state index contributed by atoms with van der Waals surface area (Å²) in [7, 11) is 1.25. The summed E-state index contributed by atoms with van der Waals surface area (Å²) in [5, 5.41) is 4.29. The fraction of sp³-hybridized carbons (Fsp3) is 0.105. The first kappa shape index (κ1) is 18.5. The Morgan fingerprint density at radius 2 is 1.65 bits per heavy atom. The van der Waals surface area contributed by atoms with Gasteiger partial charge in [-0.1, -0.05) is 66.7 Å². The molecule has 134 valence electrons. The van der Waals surface area contributed by atoms with Gasteiger partial charge in [-0.3, -0.25) is 0 Å². The zero-order valence-electron chi connectivity index (χ0n) is 14.0. The maximum absolute atomic E-state index is 12.9. The number of hydrogen-bond donors (Lipinski definition) is 1. The number of carbonyl (C=O) groups is 1. The number of halogens is 1. The zero-order valence-corrected chi connectivity index (χ0v) is 15.6. The molecule has 3 rings (SSSR count). The molecule has 3 aromatic rings. The molecule has 1 N–H and O–H groups in total. The number of hydrogen-bond acceptors (Lipinski definition) is 4. The average molecular weight is 390 g/mol. The van der Waals surface area contributed by atoms with Gasteiger partial charge in [-0.25, -0.2) is 14.4 Å². The fourth-order valence-electron chi connectivity index (χ4n) is 2.61. The topological polar surface area (TPSA) is 64.6 Å². The highest BCUT2D eigenvalue weighted by atomic mass is 35.7. The number of ether oxygens (including phenoxy) is 1. The zero-order chi connectivity index (χ0) is 18.6. The summed E-state index contributed by atoms with van der Waals surface area (Å²) in [6, 6.07) is 20.6. The first-order valence-electron chi connectivity index (χ1n) is 7.88. The monoisotopic (exact) mass is 389 g/mol. The van der Waals surface area contributed by atoms with Crippen LogP contribution < -0.4 is 9.61 Å². The van der Waals surface area contributed by atoms with Crippen molar-refractivity contribution in [3.8, 4) is 5.75 Å². The fourth-order valence-corrected chi connectivity index (χ4v) is 4.15. The molecule has 5 nitrogen and oxygen atoms in total. The Kier molecular flexibility index (Phi) is 5.62. The van der Waals surface area contributed by atoms with E-state index in [1.54, 1.807) is 36.4 Å². The largest absolute Gasteiger partial charge is 0.468 e. The molecule has 0 heterocycles. The van der Waals surface area contributed by atoms with Crippen LogP contribution in [-0.4, -0.2) is 13.1 Å². The number of fused-ring (bicyclic) bond motifs is 1. The number of esters is 1. The number of methoxy groups -OCH3 is 1. The van der Waals surface area contributed by atoms with Crippen molar-refractivity contribution in [1.82, 2.24) is 5.09 Å². The van der Waals surface area contributed by atoms with E-state index in [4.69, 9.17) is 20.5 Å². The molecule has 0 saturated carbocycles. The Labute approximate surface area is 156 Å². The van der Waals surface area contributed by atoms with Crippen molar-refractivity contribution in [2.75, 3.05) is 7.11 Å². The maximum atomic E-state index is 12.9. The highest BCUT2D eigenvalue weighted by molar-refractivity contribution is 7.84. The van der Waals surface area contributed by atoms with Crippen molar-refractivity contribution in [3.05, 3.63) is 78.4 Å². The highest BCUT2D eigenvalue weighted by Gasteiger charge is 2.32. The molecule has 7 heteroatoms. The van der Waals surface area contributed by atoms with E-state index in [2.05, 4.69) is 5.09 Å². The van der Waals surface area contributed by atoms with E-state index in [0.29, 0.717) is 11.3 Å². The summed E-state index contributed by atoms with van der Waals surface area (Å²) >= 11 is 6.13. The molecule has 0 amide bonds. The predicted molar refractivity (Wildman–Crippen MR) is 102 cm³/mol. The van der Waals surface area contributed by atoms with Crippen molar-refractivity contribution in [1.29, 1.82) is 0 Å². The van der Waals surface area contributed by atoms with Gasteiger partial charge in [-0.05, 0) is 17.0 Å². The molecular formula is C19H17ClNO4P. The van der Waals surface area contributed by atoms with Crippen LogP contribution >= 0.6 is 18.1 Å². The minimum Gasteiger partial charge on any atom is -0.468 e. The van der Waals surface area contributed by atoms with E-state index < -0.39 is 18.9 Å². The van der Waals surface area contributed by atoms with Gasteiger partial charge in [0.15, 0.2) is 0 Å². The van der Waals surface area contributed by atoms with E-state index >= 15 is 0 Å². The van der Waals surface area contributed by atoms with E-state index in [0.717, 1.165) is 10.8 Å². The molecule has 0 bridgehead atoms. The summed E-state index contributed by atoms with van der Waals surface area (Å²) in [6.07, 6.45) is 0. The Morgan fingerprint density at radius 1 is 1.00 bits per heavy atom. The third kappa shape index (κ3) is 4.25. The lowest BCUT2D eigenvalue weighted by Crippen LogP contribution is -2.27. The first-order valence-corrected chi connectivity index (χ1v) is 10.4. The lowest BCUT2D eigenvalue weighted by Gasteiger charge is -2.21. The van der Waals surface area contributed by atoms with E-state index in [9.17, 15) is 9.36 Å². The van der Waals surface area contributed by atoms with Gasteiger partial charge in [0.1, 0.15) is 11.8 Å². The van der Waals surface area contributed by atoms with E-state index in [1.807, 2.05) is 36.4 Å². The Morgan fingerprint density at radius 3 is 2.38 bits per heavy atom. The maximum Gasteiger partial charge on any atom is 0.410 e. The van der Waals surface area contributed by atoms with Gasteiger partial charge < -0.3 is 9.26 Å². The highest BCUT2D eigenvalue weighted by Crippen LogP contribution is 2.51. The molecule has 3 aromatic carbocycles. The van der Waals surface area contributed by atoms with Crippen molar-refractivity contribution in [2.24, 2.45) is 0 Å². The van der Waals surface area contributed by atoms with Gasteiger partial charge in [-0.2, -0.15) is 0 Å². The molecule has 0 spiro atoms. The van der Waals surface area contributed by atoms with Crippen molar-refractivity contribution in [2.45, 2.75) is 6.04 Å². The lowest BCUT2D eigenvalue weighted by molar-refractivity contribution is -0.142. The third-order valence-corrected chi connectivity index (χ3v) is 5.32. The first-order chi connectivity index (χ1) is 12.5. The van der Waals surface area contributed by atoms with Crippen molar-refractivity contribution >= 4 is 34.9 Å². The molecule has 2 atom stereocenters. The van der Waals surface area contributed by atoms with Crippen molar-refractivity contribution < 1.29 is 18.6 Å². The summed E-state index contributed by atoms with van der Waals surface area (Å²) in [5.74, 6) is -0.246. The molecular weight excluding hydrogens is 373 g/mol. The second-order valence-corrected chi connectivity index (χ2v) is 8.28. The van der Waals surface area contributed by atoms with Crippen LogP contribution in [0.25, 0.3) is 10.8 Å². The minimum atomic E-state index is -3.89. The SMILES string of the molecule is COC(=O)[C@@H](NP(=O)(Cl)Oc1cccc2ccccc12)c1ccccc1. The second-order valence-electron chi connectivity index (χ2n) is 5.54. The Balaban J connectivity index is 1.89. The van der Waals surface area contributed by atoms with E-state index in [-0.39, 0.29) is 0 Å². The molecule has 0 aliphatic carbocycles. The minimum absolute atomic E-state index is 0.366. The predicted octanol–water partition coefficient (Wildman–Crippen LogP) is 5.07. The summed E-state index contributed by atoms with van der Waals surface area (Å²) in [5.41, 5.74) is 0.571. The van der Waals surface area contributed by atoms with Crippen LogP contribution in [0.1, 0.15) is 11.6 Å². The van der Waals surface area contributed by atoms with Crippen LogP contribution in [0.5, 0.6) is 5.75 Å². The summed E-state index contributed by atoms with van der Waals surface area (Å²) < 4.78 is 23.2. The standard InChI is InChI=1S/C19H17ClNO4P/c1-24-19(22)18(15-9-3-2-4-10-15)21-26(20,23)25-17-13-7-11-14-8-5-6-12-16(14)17/h2-13,18H,1H3,(H,21,23)/t18-,26?/m0/s1. The van der Waals surface area contributed by atoms with Crippen molar-refractivity contribution in [3.63, 3.8) is 0 Å². The van der Waals surface area contributed by atoms with Gasteiger partial charge in [0.25, 0.3) is 0 Å². The second kappa shape index (κ2) is 7.92. The van der Waals surface area contributed by atoms with Gasteiger partial charge in [-0.15, -0.1) is 0 Å². The van der Waals surface area contributed by atoms with Crippen LogP contribution in [0, 0.1) is 0 Å². The van der Waals surface area contributed by atoms with Gasteiger partial charge in [0, 0.05) is 16.6 Å². The van der Waals surface area contributed by atoms with Crippen LogP contribution in [0.4, 0.5) is 0 Å². The smallest absolute Gasteiger partial charge is 0.410 e. The summed E-state index contributed by atoms with van der Waals surface area (Å²) in [6.45, 7) is -3.89. The molecule has 0 fully saturated rings. The van der Waals surface area contributed by atoms with Crippen LogP contribution in [-0.2, 0) is 14.1 Å². The number of carbonyl (C=O) groups excluding carboxylic acids is 1. The van der Waals surface area contributed by atoms with Gasteiger partial charge in [0.05, 0.1) is 7.11 Å². The Bertz CT molecular complexity index is 959. The molecule has 26 heavy (non-hydrogen) atoms. The normalized spacial score (nSPS) is 14.4. The quantitative estimate of drug-likeness (QED) is 0.471. The molecule has 0 aliphatic heterocycles. The van der Waals surface area contributed by atoms with E-state index in [1.165, 1.54) is 7.11 Å². The molecule has 0 saturated heterocycles. The van der Waals surface area contributed by atoms with Gasteiger partial charge >= 0.3 is 12.8 Å². The molecule has 0 aliphatic rings. The van der Waals surface area contributed by atoms with Crippen LogP contribution in [0.15, 0.2) is 72.8 Å². The summed E-state index contributed by atoms with van der Waals surface area (Å²) in [4.78, 5) is 12.1. The molecule has 1 unspecified atom stereocenters. The van der Waals surface area contributed by atoms with Crippen LogP contribution in [0.2, 0.25) is 0 Å². The number of nitrogens with one attached hydrogen (secondary N) is 1. The number of benzene rings is 3. The Hall–Kier alpha value is -2.33. The molecule has 0 aromatic heterocycles. The molecule has 0 radical (unpaired) electrons. The number of rotatable bonds is 6.